The summed E-state index contributed by atoms with van der Waals surface area (Å²) >= 11 is 0. The second kappa shape index (κ2) is 7.65. The molecule has 0 fully saturated rings. The maximum absolute atomic E-state index is 4.69. The maximum atomic E-state index is 4.69. The highest BCUT2D eigenvalue weighted by Crippen LogP contribution is 2.23. The van der Waals surface area contributed by atoms with E-state index < -0.39 is 0 Å². The van der Waals surface area contributed by atoms with Crippen LogP contribution in [-0.2, 0) is 6.54 Å². The largest absolute Gasteiger partial charge is 0.363 e. The zero-order chi connectivity index (χ0) is 18.5. The zero-order valence-electron chi connectivity index (χ0n) is 14.7. The molecule has 0 aliphatic carbocycles. The summed E-state index contributed by atoms with van der Waals surface area (Å²) in [5.74, 6) is 2.00. The Balaban J connectivity index is 1.68. The van der Waals surface area contributed by atoms with Gasteiger partial charge in [-0.05, 0) is 36.8 Å². The van der Waals surface area contributed by atoms with Gasteiger partial charge in [0.25, 0.3) is 0 Å². The summed E-state index contributed by atoms with van der Waals surface area (Å²) in [5, 5.41) is 3.29. The van der Waals surface area contributed by atoms with Crippen molar-refractivity contribution in [1.82, 2.24) is 29.9 Å². The number of pyridine rings is 2. The van der Waals surface area contributed by atoms with Crippen LogP contribution in [0.4, 0.5) is 5.82 Å². The van der Waals surface area contributed by atoms with E-state index in [1.165, 1.54) is 0 Å². The van der Waals surface area contributed by atoms with Crippen molar-refractivity contribution in [3.8, 4) is 22.6 Å². The minimum Gasteiger partial charge on any atom is -0.363 e. The van der Waals surface area contributed by atoms with E-state index in [-0.39, 0.29) is 0 Å². The van der Waals surface area contributed by atoms with Gasteiger partial charge >= 0.3 is 0 Å². The fourth-order valence-corrected chi connectivity index (χ4v) is 2.51. The van der Waals surface area contributed by atoms with E-state index >= 15 is 0 Å². The molecule has 4 heterocycles. The van der Waals surface area contributed by atoms with E-state index in [1.807, 2.05) is 37.3 Å². The molecule has 4 aromatic rings. The summed E-state index contributed by atoms with van der Waals surface area (Å²) < 4.78 is 0. The predicted octanol–water partition coefficient (Wildman–Crippen LogP) is 3.31. The van der Waals surface area contributed by atoms with Crippen LogP contribution in [0, 0.1) is 6.92 Å². The molecular weight excluding hydrogens is 338 g/mol. The molecule has 0 aliphatic rings. The lowest BCUT2D eigenvalue weighted by molar-refractivity contribution is 0.929. The molecule has 0 atom stereocenters. The third-order valence-electron chi connectivity index (χ3n) is 3.88. The third-order valence-corrected chi connectivity index (χ3v) is 3.88. The van der Waals surface area contributed by atoms with Crippen LogP contribution in [-0.4, -0.2) is 29.9 Å². The van der Waals surface area contributed by atoms with Gasteiger partial charge in [0.2, 0.25) is 0 Å². The second-order valence-corrected chi connectivity index (χ2v) is 5.97. The second-order valence-electron chi connectivity index (χ2n) is 5.97. The smallest absolute Gasteiger partial charge is 0.163 e. The molecular formula is C20H17N7. The zero-order valence-corrected chi connectivity index (χ0v) is 14.7. The van der Waals surface area contributed by atoms with Crippen LogP contribution in [0.5, 0.6) is 0 Å². The van der Waals surface area contributed by atoms with Crippen LogP contribution in [0.25, 0.3) is 22.6 Å². The van der Waals surface area contributed by atoms with E-state index in [1.54, 1.807) is 37.2 Å². The highest BCUT2D eigenvalue weighted by Gasteiger charge is 2.09. The Hall–Kier alpha value is -3.74. The van der Waals surface area contributed by atoms with Gasteiger partial charge in [-0.2, -0.15) is 0 Å². The van der Waals surface area contributed by atoms with Crippen molar-refractivity contribution in [1.29, 1.82) is 0 Å². The van der Waals surface area contributed by atoms with Crippen molar-refractivity contribution in [2.75, 3.05) is 5.32 Å². The minimum atomic E-state index is 0.472. The molecule has 7 nitrogen and oxygen atoms in total. The van der Waals surface area contributed by atoms with Crippen LogP contribution >= 0.6 is 0 Å². The number of rotatable bonds is 5. The first-order valence-corrected chi connectivity index (χ1v) is 8.49. The average molecular weight is 355 g/mol. The van der Waals surface area contributed by atoms with Gasteiger partial charge < -0.3 is 5.32 Å². The third kappa shape index (κ3) is 4.09. The first-order valence-electron chi connectivity index (χ1n) is 8.49. The Labute approximate surface area is 156 Å². The molecule has 0 radical (unpaired) electrons. The van der Waals surface area contributed by atoms with Crippen molar-refractivity contribution in [3.05, 3.63) is 78.9 Å². The minimum absolute atomic E-state index is 0.472. The summed E-state index contributed by atoms with van der Waals surface area (Å²) in [4.78, 5) is 26.2. The monoisotopic (exact) mass is 355 g/mol. The molecule has 0 saturated heterocycles. The molecule has 132 valence electrons. The fourth-order valence-electron chi connectivity index (χ4n) is 2.51. The van der Waals surface area contributed by atoms with Crippen molar-refractivity contribution in [2.24, 2.45) is 0 Å². The standard InChI is InChI=1S/C20H17N7/c1-14-10-23-19(24-11-14)13-25-18-9-17(15-4-7-21-8-5-15)26-20(27-18)16-3-2-6-22-12-16/h2-12H,13H2,1H3,(H,25,26,27). The van der Waals surface area contributed by atoms with Gasteiger partial charge in [-0.1, -0.05) is 0 Å². The topological polar surface area (TPSA) is 89.4 Å². The van der Waals surface area contributed by atoms with Gasteiger partial charge in [0, 0.05) is 54.4 Å². The summed E-state index contributed by atoms with van der Waals surface area (Å²) in [6.07, 6.45) is 10.6. The highest BCUT2D eigenvalue weighted by molar-refractivity contribution is 5.66. The van der Waals surface area contributed by atoms with E-state index in [9.17, 15) is 0 Å². The number of aromatic nitrogens is 6. The Morgan fingerprint density at radius 3 is 2.41 bits per heavy atom. The lowest BCUT2D eigenvalue weighted by Crippen LogP contribution is -2.07. The number of nitrogens with zero attached hydrogens (tertiary/aromatic N) is 6. The van der Waals surface area contributed by atoms with Gasteiger partial charge in [0.05, 0.1) is 12.2 Å². The highest BCUT2D eigenvalue weighted by atomic mass is 15.1. The normalized spacial score (nSPS) is 10.6. The van der Waals surface area contributed by atoms with E-state index in [4.69, 9.17) is 4.98 Å². The Bertz CT molecular complexity index is 961. The molecule has 0 spiro atoms. The molecule has 0 unspecified atom stereocenters. The first kappa shape index (κ1) is 16.7. The van der Waals surface area contributed by atoms with Gasteiger partial charge in [0.15, 0.2) is 5.82 Å². The molecule has 4 rings (SSSR count). The molecule has 0 bridgehead atoms. The molecule has 0 amide bonds. The predicted molar refractivity (Wildman–Crippen MR) is 103 cm³/mol. The molecule has 1 N–H and O–H groups in total. The summed E-state index contributed by atoms with van der Waals surface area (Å²) in [7, 11) is 0. The number of nitrogens with one attached hydrogen (secondary N) is 1. The fraction of sp³-hybridized carbons (Fsp3) is 0.100. The van der Waals surface area contributed by atoms with Crippen molar-refractivity contribution < 1.29 is 0 Å². The molecule has 0 aromatic carbocycles. The van der Waals surface area contributed by atoms with Gasteiger partial charge in [-0.15, -0.1) is 0 Å². The molecule has 0 aliphatic heterocycles. The number of hydrogen-bond acceptors (Lipinski definition) is 7. The van der Waals surface area contributed by atoms with Crippen LogP contribution < -0.4 is 5.32 Å². The lowest BCUT2D eigenvalue weighted by Gasteiger charge is -2.10. The van der Waals surface area contributed by atoms with Crippen molar-refractivity contribution >= 4 is 5.82 Å². The molecule has 27 heavy (non-hydrogen) atoms. The van der Waals surface area contributed by atoms with E-state index in [2.05, 4.69) is 30.2 Å². The van der Waals surface area contributed by atoms with Gasteiger partial charge in [-0.3, -0.25) is 9.97 Å². The van der Waals surface area contributed by atoms with Crippen LogP contribution in [0.1, 0.15) is 11.4 Å². The number of aryl methyl sites for hydroxylation is 1. The molecule has 7 heteroatoms. The summed E-state index contributed by atoms with van der Waals surface area (Å²) in [6, 6.07) is 9.55. The van der Waals surface area contributed by atoms with Crippen LogP contribution in [0.3, 0.4) is 0 Å². The quantitative estimate of drug-likeness (QED) is 0.587. The summed E-state index contributed by atoms with van der Waals surface area (Å²) in [6.45, 7) is 2.43. The first-order chi connectivity index (χ1) is 13.3. The van der Waals surface area contributed by atoms with Crippen LogP contribution in [0.2, 0.25) is 0 Å². The molecule has 4 aromatic heterocycles. The summed E-state index contributed by atoms with van der Waals surface area (Å²) in [5.41, 5.74) is 3.65. The lowest BCUT2D eigenvalue weighted by atomic mass is 10.1. The van der Waals surface area contributed by atoms with Crippen molar-refractivity contribution in [3.63, 3.8) is 0 Å². The van der Waals surface area contributed by atoms with Gasteiger partial charge in [0.1, 0.15) is 11.6 Å². The van der Waals surface area contributed by atoms with Crippen molar-refractivity contribution in [2.45, 2.75) is 13.5 Å². The number of anilines is 1. The molecule has 0 saturated carbocycles. The van der Waals surface area contributed by atoms with E-state index in [0.717, 1.165) is 22.4 Å². The van der Waals surface area contributed by atoms with E-state index in [0.29, 0.717) is 24.0 Å². The Morgan fingerprint density at radius 2 is 1.67 bits per heavy atom. The average Bonchev–Trinajstić information content (AvgIpc) is 2.74. The Morgan fingerprint density at radius 1 is 0.852 bits per heavy atom. The SMILES string of the molecule is Cc1cnc(CNc2cc(-c3ccncc3)nc(-c3cccnc3)n2)nc1. The van der Waals surface area contributed by atoms with Gasteiger partial charge in [-0.25, -0.2) is 19.9 Å². The maximum Gasteiger partial charge on any atom is 0.163 e. The van der Waals surface area contributed by atoms with Crippen LogP contribution in [0.15, 0.2) is 67.5 Å². The number of hydrogen-bond donors (Lipinski definition) is 1. The Kier molecular flexibility index (Phi) is 4.74.